The van der Waals surface area contributed by atoms with Gasteiger partial charge in [0.25, 0.3) is 0 Å². The van der Waals surface area contributed by atoms with E-state index < -0.39 is 20.8 Å². The van der Waals surface area contributed by atoms with Gasteiger partial charge in [0.2, 0.25) is 0 Å². The van der Waals surface area contributed by atoms with Gasteiger partial charge in [0.05, 0.1) is 10.7 Å². The Morgan fingerprint density at radius 2 is 2.11 bits per heavy atom. The summed E-state index contributed by atoms with van der Waals surface area (Å²) in [5, 5.41) is 13.7. The Kier molecular flexibility index (Phi) is 4.53. The molecule has 1 unspecified atom stereocenters. The summed E-state index contributed by atoms with van der Waals surface area (Å²) in [4.78, 5) is 10.3. The molecule has 0 radical (unpaired) electrons. The summed E-state index contributed by atoms with van der Waals surface area (Å²) in [5.41, 5.74) is -0.0387. The molecule has 1 N–H and O–H groups in total. The summed E-state index contributed by atoms with van der Waals surface area (Å²) in [5.74, 6) is -0.114. The highest BCUT2D eigenvalue weighted by Crippen LogP contribution is 2.32. The SMILES string of the molecule is CC(CS(C)(=O)=O)Nc1cccc(Cl)c1[N+](=O)[O-]. The summed E-state index contributed by atoms with van der Waals surface area (Å²) in [7, 11) is -3.15. The molecule has 0 saturated heterocycles. The third-order valence-corrected chi connectivity index (χ3v) is 3.53. The molecule has 0 aromatic heterocycles. The van der Waals surface area contributed by atoms with Gasteiger partial charge in [-0.1, -0.05) is 17.7 Å². The highest BCUT2D eigenvalue weighted by Gasteiger charge is 2.20. The van der Waals surface area contributed by atoms with Crippen molar-refractivity contribution in [1.29, 1.82) is 0 Å². The number of nitro groups is 1. The minimum Gasteiger partial charge on any atom is -0.376 e. The van der Waals surface area contributed by atoms with Gasteiger partial charge in [0.15, 0.2) is 0 Å². The molecular weight excluding hydrogens is 280 g/mol. The first-order chi connectivity index (χ1) is 8.20. The van der Waals surface area contributed by atoms with Crippen molar-refractivity contribution in [2.75, 3.05) is 17.3 Å². The summed E-state index contributed by atoms with van der Waals surface area (Å²) < 4.78 is 22.2. The molecule has 0 saturated carbocycles. The van der Waals surface area contributed by atoms with E-state index in [9.17, 15) is 18.5 Å². The van der Waals surface area contributed by atoms with E-state index in [1.807, 2.05) is 0 Å². The van der Waals surface area contributed by atoms with Gasteiger partial charge in [-0.2, -0.15) is 0 Å². The smallest absolute Gasteiger partial charge is 0.310 e. The molecule has 0 heterocycles. The third-order valence-electron chi connectivity index (χ3n) is 2.12. The van der Waals surface area contributed by atoms with E-state index >= 15 is 0 Å². The fourth-order valence-corrected chi connectivity index (χ4v) is 2.81. The number of para-hydroxylation sites is 1. The Hall–Kier alpha value is -1.34. The minimum absolute atomic E-state index is 0.0107. The molecule has 1 aromatic rings. The van der Waals surface area contributed by atoms with Crippen LogP contribution in [0.2, 0.25) is 5.02 Å². The van der Waals surface area contributed by atoms with Crippen LogP contribution in [0.25, 0.3) is 0 Å². The number of sulfone groups is 1. The average molecular weight is 293 g/mol. The number of nitrogens with zero attached hydrogens (tertiary/aromatic N) is 1. The number of hydrogen-bond donors (Lipinski definition) is 1. The van der Waals surface area contributed by atoms with Crippen LogP contribution in [0.5, 0.6) is 0 Å². The zero-order valence-corrected chi connectivity index (χ0v) is 11.5. The van der Waals surface area contributed by atoms with E-state index in [-0.39, 0.29) is 22.2 Å². The molecule has 0 aliphatic rings. The predicted octanol–water partition coefficient (Wildman–Crippen LogP) is 2.09. The zero-order valence-electron chi connectivity index (χ0n) is 9.88. The summed E-state index contributed by atoms with van der Waals surface area (Å²) in [6.45, 7) is 1.63. The number of hydrogen-bond acceptors (Lipinski definition) is 5. The van der Waals surface area contributed by atoms with Crippen LogP contribution in [-0.2, 0) is 9.84 Å². The molecule has 18 heavy (non-hydrogen) atoms. The molecule has 6 nitrogen and oxygen atoms in total. The maximum Gasteiger partial charge on any atom is 0.310 e. The van der Waals surface area contributed by atoms with Gasteiger partial charge in [-0.25, -0.2) is 8.42 Å². The van der Waals surface area contributed by atoms with Gasteiger partial charge < -0.3 is 5.32 Å². The number of anilines is 1. The molecule has 0 bridgehead atoms. The van der Waals surface area contributed by atoms with Crippen LogP contribution in [0.15, 0.2) is 18.2 Å². The summed E-state index contributed by atoms with van der Waals surface area (Å²) >= 11 is 5.74. The van der Waals surface area contributed by atoms with Crippen molar-refractivity contribution < 1.29 is 13.3 Å². The number of halogens is 1. The number of nitro benzene ring substituents is 1. The standard InChI is InChI=1S/C10H13ClN2O4S/c1-7(6-18(2,16)17)12-9-5-3-4-8(11)10(9)13(14)15/h3-5,7,12H,6H2,1-2H3. The second-order valence-electron chi connectivity index (χ2n) is 4.03. The lowest BCUT2D eigenvalue weighted by atomic mass is 10.2. The lowest BCUT2D eigenvalue weighted by Crippen LogP contribution is -2.25. The molecule has 0 spiro atoms. The van der Waals surface area contributed by atoms with Crippen LogP contribution in [0.4, 0.5) is 11.4 Å². The minimum atomic E-state index is -3.15. The van der Waals surface area contributed by atoms with Gasteiger partial charge in [-0.05, 0) is 19.1 Å². The zero-order chi connectivity index (χ0) is 13.9. The van der Waals surface area contributed by atoms with Crippen molar-refractivity contribution in [3.63, 3.8) is 0 Å². The number of benzene rings is 1. The Bertz CT molecular complexity index is 559. The van der Waals surface area contributed by atoms with Crippen molar-refractivity contribution in [3.8, 4) is 0 Å². The van der Waals surface area contributed by atoms with Crippen LogP contribution in [0.1, 0.15) is 6.92 Å². The fraction of sp³-hybridized carbons (Fsp3) is 0.400. The summed E-state index contributed by atoms with van der Waals surface area (Å²) in [6.07, 6.45) is 1.11. The molecule has 1 rings (SSSR count). The topological polar surface area (TPSA) is 89.3 Å². The van der Waals surface area contributed by atoms with Gasteiger partial charge in [-0.15, -0.1) is 0 Å². The molecule has 100 valence electrons. The van der Waals surface area contributed by atoms with Gasteiger partial charge in [-0.3, -0.25) is 10.1 Å². The Labute approximate surface area is 110 Å². The first kappa shape index (κ1) is 14.7. The molecule has 0 aliphatic heterocycles. The number of rotatable bonds is 5. The Morgan fingerprint density at radius 3 is 2.61 bits per heavy atom. The summed E-state index contributed by atoms with van der Waals surface area (Å²) in [6, 6.07) is 4.01. The highest BCUT2D eigenvalue weighted by atomic mass is 35.5. The monoisotopic (exact) mass is 292 g/mol. The molecule has 8 heteroatoms. The van der Waals surface area contributed by atoms with Crippen molar-refractivity contribution in [2.45, 2.75) is 13.0 Å². The van der Waals surface area contributed by atoms with Crippen LogP contribution >= 0.6 is 11.6 Å². The van der Waals surface area contributed by atoms with Gasteiger partial charge in [0, 0.05) is 12.3 Å². The first-order valence-corrected chi connectivity index (χ1v) is 7.51. The van der Waals surface area contributed by atoms with Crippen LogP contribution in [0, 0.1) is 10.1 Å². The van der Waals surface area contributed by atoms with E-state index in [1.165, 1.54) is 12.1 Å². The van der Waals surface area contributed by atoms with Crippen molar-refractivity contribution in [1.82, 2.24) is 0 Å². The van der Waals surface area contributed by atoms with Gasteiger partial charge >= 0.3 is 5.69 Å². The molecule has 1 aromatic carbocycles. The van der Waals surface area contributed by atoms with E-state index in [0.717, 1.165) is 6.26 Å². The van der Waals surface area contributed by atoms with E-state index in [1.54, 1.807) is 13.0 Å². The Morgan fingerprint density at radius 1 is 1.50 bits per heavy atom. The maximum absolute atomic E-state index is 11.1. The Balaban J connectivity index is 2.98. The molecule has 0 aliphatic carbocycles. The second kappa shape index (κ2) is 5.53. The lowest BCUT2D eigenvalue weighted by molar-refractivity contribution is -0.383. The van der Waals surface area contributed by atoms with E-state index in [0.29, 0.717) is 0 Å². The van der Waals surface area contributed by atoms with Gasteiger partial charge in [0.1, 0.15) is 20.5 Å². The lowest BCUT2D eigenvalue weighted by Gasteiger charge is -2.14. The van der Waals surface area contributed by atoms with Crippen molar-refractivity contribution in [2.24, 2.45) is 0 Å². The largest absolute Gasteiger partial charge is 0.376 e. The maximum atomic E-state index is 11.1. The average Bonchev–Trinajstić information content (AvgIpc) is 2.13. The van der Waals surface area contributed by atoms with E-state index in [4.69, 9.17) is 11.6 Å². The second-order valence-corrected chi connectivity index (χ2v) is 6.62. The highest BCUT2D eigenvalue weighted by molar-refractivity contribution is 7.90. The fourth-order valence-electron chi connectivity index (χ4n) is 1.58. The first-order valence-electron chi connectivity index (χ1n) is 5.08. The van der Waals surface area contributed by atoms with Crippen molar-refractivity contribution >= 4 is 32.8 Å². The molecular formula is C10H13ClN2O4S. The molecule has 0 amide bonds. The molecule has 0 fully saturated rings. The van der Waals surface area contributed by atoms with Crippen LogP contribution < -0.4 is 5.32 Å². The van der Waals surface area contributed by atoms with Crippen LogP contribution in [-0.4, -0.2) is 31.4 Å². The number of nitrogens with one attached hydrogen (secondary N) is 1. The normalized spacial score (nSPS) is 13.1. The van der Waals surface area contributed by atoms with Crippen LogP contribution in [0.3, 0.4) is 0 Å². The quantitative estimate of drug-likeness (QED) is 0.663. The third kappa shape index (κ3) is 4.15. The predicted molar refractivity (Wildman–Crippen MR) is 70.9 cm³/mol. The van der Waals surface area contributed by atoms with Crippen molar-refractivity contribution in [3.05, 3.63) is 33.3 Å². The van der Waals surface area contributed by atoms with E-state index in [2.05, 4.69) is 5.32 Å². The molecule has 1 atom stereocenters.